The average Bonchev–Trinajstić information content (AvgIpc) is 2.27. The summed E-state index contributed by atoms with van der Waals surface area (Å²) >= 11 is 3.35. The Morgan fingerprint density at radius 1 is 1.31 bits per heavy atom. The Morgan fingerprint density at radius 3 is 2.69 bits per heavy atom. The SMILES string of the molecule is COc1nc2ccc(Br)cc2cc1B(O)O. The summed E-state index contributed by atoms with van der Waals surface area (Å²) in [6.45, 7) is 0. The van der Waals surface area contributed by atoms with Crippen molar-refractivity contribution in [1.82, 2.24) is 4.98 Å². The summed E-state index contributed by atoms with van der Waals surface area (Å²) < 4.78 is 5.91. The van der Waals surface area contributed by atoms with E-state index in [1.165, 1.54) is 7.11 Å². The lowest BCUT2D eigenvalue weighted by Gasteiger charge is -2.08. The molecular formula is C10H9BBrNO3. The summed E-state index contributed by atoms with van der Waals surface area (Å²) in [5.74, 6) is 0.227. The van der Waals surface area contributed by atoms with Crippen LogP contribution in [0.15, 0.2) is 28.7 Å². The summed E-state index contributed by atoms with van der Waals surface area (Å²) in [7, 11) is -0.148. The molecule has 0 amide bonds. The molecule has 2 rings (SSSR count). The average molecular weight is 282 g/mol. The van der Waals surface area contributed by atoms with Crippen molar-refractivity contribution >= 4 is 39.4 Å². The molecule has 0 saturated carbocycles. The molecule has 1 heterocycles. The van der Waals surface area contributed by atoms with Gasteiger partial charge in [0.1, 0.15) is 0 Å². The van der Waals surface area contributed by atoms with E-state index in [1.54, 1.807) is 6.07 Å². The van der Waals surface area contributed by atoms with Crippen LogP contribution in [0.5, 0.6) is 5.88 Å². The molecule has 1 aromatic heterocycles. The van der Waals surface area contributed by atoms with Crippen LogP contribution in [0.4, 0.5) is 0 Å². The molecule has 0 radical (unpaired) electrons. The van der Waals surface area contributed by atoms with Crippen LogP contribution in [-0.2, 0) is 0 Å². The summed E-state index contributed by atoms with van der Waals surface area (Å²) in [4.78, 5) is 4.19. The second kappa shape index (κ2) is 4.41. The Kier molecular flexibility index (Phi) is 3.14. The van der Waals surface area contributed by atoms with E-state index in [0.29, 0.717) is 0 Å². The van der Waals surface area contributed by atoms with Gasteiger partial charge in [0.15, 0.2) is 0 Å². The zero-order valence-electron chi connectivity index (χ0n) is 8.51. The van der Waals surface area contributed by atoms with Crippen molar-refractivity contribution in [2.24, 2.45) is 0 Å². The fraction of sp³-hybridized carbons (Fsp3) is 0.100. The third-order valence-electron chi connectivity index (χ3n) is 2.24. The number of benzene rings is 1. The lowest BCUT2D eigenvalue weighted by Crippen LogP contribution is -2.31. The highest BCUT2D eigenvalue weighted by Crippen LogP contribution is 2.19. The smallest absolute Gasteiger partial charge is 0.481 e. The third-order valence-corrected chi connectivity index (χ3v) is 2.73. The molecule has 0 spiro atoms. The molecule has 0 atom stereocenters. The minimum atomic E-state index is -1.59. The second-order valence-corrected chi connectivity index (χ2v) is 4.21. The minimum Gasteiger partial charge on any atom is -0.481 e. The van der Waals surface area contributed by atoms with Crippen LogP contribution < -0.4 is 10.2 Å². The maximum absolute atomic E-state index is 9.19. The van der Waals surface area contributed by atoms with Crippen molar-refractivity contribution in [3.63, 3.8) is 0 Å². The number of methoxy groups -OCH3 is 1. The summed E-state index contributed by atoms with van der Waals surface area (Å²) in [5, 5.41) is 19.2. The molecule has 6 heteroatoms. The highest BCUT2D eigenvalue weighted by molar-refractivity contribution is 9.10. The number of nitrogens with zero attached hydrogens (tertiary/aromatic N) is 1. The highest BCUT2D eigenvalue weighted by Gasteiger charge is 2.19. The number of halogens is 1. The van der Waals surface area contributed by atoms with E-state index in [0.717, 1.165) is 15.4 Å². The number of fused-ring (bicyclic) bond motifs is 1. The molecule has 0 saturated heterocycles. The van der Waals surface area contributed by atoms with E-state index in [-0.39, 0.29) is 11.3 Å². The molecular weight excluding hydrogens is 273 g/mol. The number of ether oxygens (including phenoxy) is 1. The fourth-order valence-corrected chi connectivity index (χ4v) is 1.87. The van der Waals surface area contributed by atoms with Gasteiger partial charge in [0.2, 0.25) is 5.88 Å². The molecule has 82 valence electrons. The Bertz CT molecular complexity index is 533. The fourth-order valence-electron chi connectivity index (χ4n) is 1.49. The number of hydrogen-bond donors (Lipinski definition) is 2. The van der Waals surface area contributed by atoms with E-state index < -0.39 is 7.12 Å². The third kappa shape index (κ3) is 2.04. The van der Waals surface area contributed by atoms with Crippen LogP contribution in [0.2, 0.25) is 0 Å². The van der Waals surface area contributed by atoms with Crippen molar-refractivity contribution in [3.05, 3.63) is 28.7 Å². The van der Waals surface area contributed by atoms with Crippen molar-refractivity contribution in [3.8, 4) is 5.88 Å². The Hall–Kier alpha value is -1.11. The largest absolute Gasteiger partial charge is 0.494 e. The predicted molar refractivity (Wildman–Crippen MR) is 65.8 cm³/mol. The zero-order valence-corrected chi connectivity index (χ0v) is 10.1. The molecule has 0 bridgehead atoms. The quantitative estimate of drug-likeness (QED) is 0.795. The molecule has 2 N–H and O–H groups in total. The number of rotatable bonds is 2. The number of aromatic nitrogens is 1. The molecule has 0 aliphatic heterocycles. The lowest BCUT2D eigenvalue weighted by molar-refractivity contribution is 0.392. The van der Waals surface area contributed by atoms with Crippen LogP contribution >= 0.6 is 15.9 Å². The first-order chi connectivity index (χ1) is 7.61. The Labute approximate surface area is 101 Å². The molecule has 0 unspecified atom stereocenters. The first kappa shape index (κ1) is 11.4. The first-order valence-corrected chi connectivity index (χ1v) is 5.41. The first-order valence-electron chi connectivity index (χ1n) is 4.62. The van der Waals surface area contributed by atoms with Crippen LogP contribution in [-0.4, -0.2) is 29.3 Å². The van der Waals surface area contributed by atoms with Crippen LogP contribution in [0.3, 0.4) is 0 Å². The van der Waals surface area contributed by atoms with Crippen LogP contribution in [0.1, 0.15) is 0 Å². The maximum Gasteiger partial charge on any atom is 0.494 e. The van der Waals surface area contributed by atoms with E-state index in [4.69, 9.17) is 4.74 Å². The summed E-state index contributed by atoms with van der Waals surface area (Å²) in [6, 6.07) is 7.20. The molecule has 1 aromatic carbocycles. The van der Waals surface area contributed by atoms with Gasteiger partial charge >= 0.3 is 7.12 Å². The topological polar surface area (TPSA) is 62.6 Å². The Morgan fingerprint density at radius 2 is 2.06 bits per heavy atom. The van der Waals surface area contributed by atoms with Crippen molar-refractivity contribution in [1.29, 1.82) is 0 Å². The summed E-state index contributed by atoms with van der Waals surface area (Å²) in [6.07, 6.45) is 0. The van der Waals surface area contributed by atoms with Gasteiger partial charge < -0.3 is 14.8 Å². The van der Waals surface area contributed by atoms with E-state index in [9.17, 15) is 10.0 Å². The van der Waals surface area contributed by atoms with Gasteiger partial charge in [0, 0.05) is 15.3 Å². The number of hydrogen-bond acceptors (Lipinski definition) is 4. The van der Waals surface area contributed by atoms with E-state index in [2.05, 4.69) is 20.9 Å². The van der Waals surface area contributed by atoms with Crippen LogP contribution in [0, 0.1) is 0 Å². The van der Waals surface area contributed by atoms with Gasteiger partial charge in [0.25, 0.3) is 0 Å². The Balaban J connectivity index is 2.70. The van der Waals surface area contributed by atoms with E-state index >= 15 is 0 Å². The minimum absolute atomic E-state index is 0.227. The maximum atomic E-state index is 9.19. The molecule has 0 fully saturated rings. The number of pyridine rings is 1. The molecule has 2 aromatic rings. The zero-order chi connectivity index (χ0) is 11.7. The van der Waals surface area contributed by atoms with Gasteiger partial charge in [0.05, 0.1) is 12.6 Å². The van der Waals surface area contributed by atoms with Gasteiger partial charge in [-0.15, -0.1) is 0 Å². The highest BCUT2D eigenvalue weighted by atomic mass is 79.9. The molecule has 0 aliphatic rings. The molecule has 4 nitrogen and oxygen atoms in total. The van der Waals surface area contributed by atoms with Crippen molar-refractivity contribution in [2.75, 3.05) is 7.11 Å². The predicted octanol–water partition coefficient (Wildman–Crippen LogP) is 0.686. The molecule has 0 aliphatic carbocycles. The standard InChI is InChI=1S/C10H9BBrNO3/c1-16-10-8(11(14)15)5-6-4-7(12)2-3-9(6)13-10/h2-5,14-15H,1H3. The van der Waals surface area contributed by atoms with Gasteiger partial charge in [-0.3, -0.25) is 0 Å². The van der Waals surface area contributed by atoms with E-state index in [1.807, 2.05) is 18.2 Å². The van der Waals surface area contributed by atoms with Gasteiger partial charge in [-0.25, -0.2) is 4.98 Å². The second-order valence-electron chi connectivity index (χ2n) is 3.30. The lowest BCUT2D eigenvalue weighted by atomic mass is 9.80. The van der Waals surface area contributed by atoms with Crippen molar-refractivity contribution < 1.29 is 14.8 Å². The van der Waals surface area contributed by atoms with Gasteiger partial charge in [-0.2, -0.15) is 0 Å². The van der Waals surface area contributed by atoms with Crippen molar-refractivity contribution in [2.45, 2.75) is 0 Å². The van der Waals surface area contributed by atoms with Crippen LogP contribution in [0.25, 0.3) is 10.9 Å². The normalized spacial score (nSPS) is 10.5. The van der Waals surface area contributed by atoms with Gasteiger partial charge in [-0.1, -0.05) is 15.9 Å². The van der Waals surface area contributed by atoms with Gasteiger partial charge in [-0.05, 0) is 24.3 Å². The molecule has 16 heavy (non-hydrogen) atoms. The monoisotopic (exact) mass is 281 g/mol. The summed E-state index contributed by atoms with van der Waals surface area (Å²) in [5.41, 5.74) is 0.998.